The van der Waals surface area contributed by atoms with Crippen LogP contribution in [0.4, 0.5) is 15.9 Å². The Bertz CT molecular complexity index is 1260. The average molecular weight is 516 g/mol. The number of fused-ring (bicyclic) bond motifs is 1. The maximum Gasteiger partial charge on any atom is 0.243 e. The summed E-state index contributed by atoms with van der Waals surface area (Å²) >= 11 is 5.94. The van der Waals surface area contributed by atoms with Crippen molar-refractivity contribution in [2.75, 3.05) is 45.3 Å². The second kappa shape index (κ2) is 10.8. The lowest BCUT2D eigenvalue weighted by molar-refractivity contribution is -0.163. The lowest BCUT2D eigenvalue weighted by atomic mass is 10.0. The molecule has 0 saturated carbocycles. The molecular weight excluding hydrogens is 489 g/mol. The van der Waals surface area contributed by atoms with E-state index in [-0.39, 0.29) is 17.0 Å². The van der Waals surface area contributed by atoms with Crippen LogP contribution in [0.2, 0.25) is 5.02 Å². The van der Waals surface area contributed by atoms with Gasteiger partial charge in [0, 0.05) is 36.8 Å². The Kier molecular flexibility index (Phi) is 7.35. The molecule has 1 atom stereocenters. The van der Waals surface area contributed by atoms with E-state index in [1.165, 1.54) is 18.5 Å². The molecule has 1 unspecified atom stereocenters. The third-order valence-corrected chi connectivity index (χ3v) is 6.67. The fourth-order valence-electron chi connectivity index (χ4n) is 4.49. The molecule has 1 amide bonds. The zero-order chi connectivity index (χ0) is 25.1. The van der Waals surface area contributed by atoms with Crippen LogP contribution in [-0.4, -0.2) is 71.8 Å². The summed E-state index contributed by atoms with van der Waals surface area (Å²) in [6.45, 7) is 2.89. The lowest BCUT2D eigenvalue weighted by Crippen LogP contribution is -2.54. The molecule has 2 aliphatic rings. The van der Waals surface area contributed by atoms with Crippen molar-refractivity contribution < 1.29 is 23.5 Å². The van der Waals surface area contributed by atoms with Crippen molar-refractivity contribution in [2.24, 2.45) is 0 Å². The first-order valence-corrected chi connectivity index (χ1v) is 12.3. The highest BCUT2D eigenvalue weighted by molar-refractivity contribution is 6.31. The highest BCUT2D eigenvalue weighted by atomic mass is 35.5. The molecule has 2 fully saturated rings. The highest BCUT2D eigenvalue weighted by Gasteiger charge is 2.34. The number of nitrogens with one attached hydrogen (secondary N) is 1. The van der Waals surface area contributed by atoms with E-state index in [9.17, 15) is 9.18 Å². The van der Waals surface area contributed by atoms with Crippen molar-refractivity contribution in [2.45, 2.75) is 25.3 Å². The number of amides is 1. The third-order valence-electron chi connectivity index (χ3n) is 6.38. The zero-order valence-corrected chi connectivity index (χ0v) is 20.6. The van der Waals surface area contributed by atoms with E-state index in [0.29, 0.717) is 73.2 Å². The number of hydroxylamine groups is 2. The number of carbonyl (C=O) groups is 1. The first kappa shape index (κ1) is 24.5. The molecule has 190 valence electrons. The monoisotopic (exact) mass is 515 g/mol. The molecule has 5 rings (SSSR count). The first-order valence-electron chi connectivity index (χ1n) is 11.9. The molecule has 3 heterocycles. The minimum atomic E-state index is -0.502. The van der Waals surface area contributed by atoms with Gasteiger partial charge in [-0.15, -0.1) is 5.06 Å². The summed E-state index contributed by atoms with van der Waals surface area (Å²) in [6, 6.07) is 7.51. The summed E-state index contributed by atoms with van der Waals surface area (Å²) in [7, 11) is 1.56. The number of hydrogen-bond donors (Lipinski definition) is 1. The maximum absolute atomic E-state index is 13.6. The number of ether oxygens (including phenoxy) is 2. The van der Waals surface area contributed by atoms with Gasteiger partial charge in [0.05, 0.1) is 30.9 Å². The highest BCUT2D eigenvalue weighted by Crippen LogP contribution is 2.36. The van der Waals surface area contributed by atoms with E-state index in [2.05, 4.69) is 15.3 Å². The molecule has 2 aromatic carbocycles. The van der Waals surface area contributed by atoms with Gasteiger partial charge in [-0.2, -0.15) is 0 Å². The molecule has 3 aromatic rings. The molecule has 0 spiro atoms. The van der Waals surface area contributed by atoms with E-state index in [0.717, 1.165) is 12.8 Å². The topological polar surface area (TPSA) is 89.1 Å². The van der Waals surface area contributed by atoms with Crippen molar-refractivity contribution >= 4 is 39.9 Å². The van der Waals surface area contributed by atoms with Crippen molar-refractivity contribution in [3.8, 4) is 11.5 Å². The largest absolute Gasteiger partial charge is 0.493 e. The zero-order valence-electron chi connectivity index (χ0n) is 19.9. The van der Waals surface area contributed by atoms with Crippen LogP contribution in [0.5, 0.6) is 11.5 Å². The van der Waals surface area contributed by atoms with Crippen LogP contribution in [0.1, 0.15) is 19.3 Å². The summed E-state index contributed by atoms with van der Waals surface area (Å²) in [6.07, 6.45) is 4.02. The lowest BCUT2D eigenvalue weighted by Gasteiger charge is -2.37. The molecule has 11 heteroatoms. The Morgan fingerprint density at radius 3 is 2.75 bits per heavy atom. The number of morpholine rings is 1. The summed E-state index contributed by atoms with van der Waals surface area (Å²) in [4.78, 5) is 30.2. The van der Waals surface area contributed by atoms with Gasteiger partial charge in [-0.1, -0.05) is 11.6 Å². The molecule has 2 aliphatic heterocycles. The number of hydrogen-bond acceptors (Lipinski definition) is 8. The Morgan fingerprint density at radius 1 is 1.14 bits per heavy atom. The number of piperidine rings is 1. The van der Waals surface area contributed by atoms with Crippen LogP contribution in [0.15, 0.2) is 36.7 Å². The van der Waals surface area contributed by atoms with Crippen LogP contribution in [0.3, 0.4) is 0 Å². The van der Waals surface area contributed by atoms with E-state index < -0.39 is 5.82 Å². The quantitative estimate of drug-likeness (QED) is 0.523. The van der Waals surface area contributed by atoms with Gasteiger partial charge in [0.15, 0.2) is 11.5 Å². The second-order valence-electron chi connectivity index (χ2n) is 8.68. The van der Waals surface area contributed by atoms with E-state index in [1.807, 2.05) is 4.90 Å². The molecule has 2 saturated heterocycles. The summed E-state index contributed by atoms with van der Waals surface area (Å²) in [5.74, 6) is 0.978. The molecule has 0 aliphatic carbocycles. The minimum absolute atomic E-state index is 0.00475. The summed E-state index contributed by atoms with van der Waals surface area (Å²) in [5.41, 5.74) is 1.20. The number of methoxy groups -OCH3 is 1. The van der Waals surface area contributed by atoms with Gasteiger partial charge in [-0.05, 0) is 43.5 Å². The van der Waals surface area contributed by atoms with Gasteiger partial charge in [-0.3, -0.25) is 4.79 Å². The number of rotatable bonds is 6. The van der Waals surface area contributed by atoms with Gasteiger partial charge in [0.1, 0.15) is 24.0 Å². The predicted molar refractivity (Wildman–Crippen MR) is 133 cm³/mol. The number of benzene rings is 2. The Hall–Kier alpha value is -3.21. The van der Waals surface area contributed by atoms with Crippen LogP contribution in [0, 0.1) is 5.82 Å². The Morgan fingerprint density at radius 2 is 1.97 bits per heavy atom. The smallest absolute Gasteiger partial charge is 0.243 e. The van der Waals surface area contributed by atoms with Gasteiger partial charge < -0.3 is 24.5 Å². The standard InChI is InChI=1S/C25H27ClFN5O4/c1-34-22-14-20-17(24(29-15-28-20)30-16-5-6-19(27)18(26)12-16)13-23(22)36-32-7-3-2-4-21(32)25(33)31-8-10-35-11-9-31/h5-6,12-15,21H,2-4,7-11H2,1H3,(H,28,29,30). The van der Waals surface area contributed by atoms with Crippen LogP contribution in [0.25, 0.3) is 10.9 Å². The molecule has 1 aromatic heterocycles. The van der Waals surface area contributed by atoms with Crippen LogP contribution in [-0.2, 0) is 9.53 Å². The summed E-state index contributed by atoms with van der Waals surface area (Å²) in [5, 5.41) is 5.59. The molecule has 0 radical (unpaired) electrons. The van der Waals surface area contributed by atoms with E-state index >= 15 is 0 Å². The minimum Gasteiger partial charge on any atom is -0.493 e. The predicted octanol–water partition coefficient (Wildman–Crippen LogP) is 4.18. The van der Waals surface area contributed by atoms with Crippen molar-refractivity contribution in [3.63, 3.8) is 0 Å². The number of nitrogens with zero attached hydrogens (tertiary/aromatic N) is 4. The van der Waals surface area contributed by atoms with Crippen LogP contribution < -0.4 is 14.9 Å². The normalized spacial score (nSPS) is 18.8. The van der Waals surface area contributed by atoms with Crippen LogP contribution >= 0.6 is 11.6 Å². The van der Waals surface area contributed by atoms with E-state index in [1.54, 1.807) is 30.4 Å². The molecule has 36 heavy (non-hydrogen) atoms. The molecule has 1 N–H and O–H groups in total. The number of aromatic nitrogens is 2. The molecular formula is C25H27ClFN5O4. The Labute approximate surface area is 213 Å². The fourth-order valence-corrected chi connectivity index (χ4v) is 4.67. The fraction of sp³-hybridized carbons (Fsp3) is 0.400. The van der Waals surface area contributed by atoms with Crippen molar-refractivity contribution in [1.29, 1.82) is 0 Å². The second-order valence-corrected chi connectivity index (χ2v) is 9.08. The van der Waals surface area contributed by atoms with Gasteiger partial charge in [0.25, 0.3) is 0 Å². The van der Waals surface area contributed by atoms with Gasteiger partial charge in [-0.25, -0.2) is 14.4 Å². The van der Waals surface area contributed by atoms with Gasteiger partial charge in [0.2, 0.25) is 5.91 Å². The Balaban J connectivity index is 1.44. The third kappa shape index (κ3) is 5.16. The molecule has 0 bridgehead atoms. The van der Waals surface area contributed by atoms with Gasteiger partial charge >= 0.3 is 0 Å². The number of carbonyl (C=O) groups excluding carboxylic acids is 1. The summed E-state index contributed by atoms with van der Waals surface area (Å²) < 4.78 is 24.6. The van der Waals surface area contributed by atoms with E-state index in [4.69, 9.17) is 25.9 Å². The van der Waals surface area contributed by atoms with Crippen molar-refractivity contribution in [3.05, 3.63) is 47.5 Å². The average Bonchev–Trinajstić information content (AvgIpc) is 2.91. The molecule has 9 nitrogen and oxygen atoms in total. The SMILES string of the molecule is COc1cc2ncnc(Nc3ccc(F)c(Cl)c3)c2cc1ON1CCCCC1C(=O)N1CCOCC1. The number of halogens is 2. The maximum atomic E-state index is 13.6. The first-order chi connectivity index (χ1) is 17.5. The number of anilines is 2. The van der Waals surface area contributed by atoms with Crippen molar-refractivity contribution in [1.82, 2.24) is 19.9 Å².